The molecule has 104 valence electrons. The van der Waals surface area contributed by atoms with Gasteiger partial charge < -0.3 is 4.74 Å². The molecular formula is C13H14N4O3. The number of carbonyl (C=O) groups excluding carboxylic acids is 1. The van der Waals surface area contributed by atoms with Crippen molar-refractivity contribution in [2.45, 2.75) is 19.7 Å². The molecule has 20 heavy (non-hydrogen) atoms. The van der Waals surface area contributed by atoms with Crippen LogP contribution >= 0.6 is 0 Å². The van der Waals surface area contributed by atoms with E-state index in [0.717, 1.165) is 5.56 Å². The van der Waals surface area contributed by atoms with Crippen LogP contribution in [0.1, 0.15) is 11.4 Å². The Bertz CT molecular complexity index is 662. The largest absolute Gasteiger partial charge is 0.445 e. The van der Waals surface area contributed by atoms with E-state index in [9.17, 15) is 9.59 Å². The molecule has 0 saturated carbocycles. The van der Waals surface area contributed by atoms with Crippen LogP contribution in [0.4, 0.5) is 4.79 Å². The zero-order valence-electron chi connectivity index (χ0n) is 10.8. The lowest BCUT2D eigenvalue weighted by Crippen LogP contribution is -2.40. The van der Waals surface area contributed by atoms with Gasteiger partial charge in [0.2, 0.25) is 0 Å². The predicted molar refractivity (Wildman–Crippen MR) is 69.9 cm³/mol. The number of nitrogens with zero attached hydrogens (tertiary/aromatic N) is 3. The molecule has 7 heteroatoms. The number of aromatic amines is 1. The van der Waals surface area contributed by atoms with E-state index in [-0.39, 0.29) is 18.8 Å². The number of rotatable bonds is 2. The van der Waals surface area contributed by atoms with Crippen LogP contribution in [0.5, 0.6) is 0 Å². The van der Waals surface area contributed by atoms with Crippen LogP contribution in [0.2, 0.25) is 0 Å². The van der Waals surface area contributed by atoms with Crippen molar-refractivity contribution in [3.8, 4) is 0 Å². The molecule has 0 fully saturated rings. The molecule has 0 atom stereocenters. The van der Waals surface area contributed by atoms with Crippen molar-refractivity contribution >= 4 is 6.09 Å². The first-order valence-electron chi connectivity index (χ1n) is 6.34. The van der Waals surface area contributed by atoms with Gasteiger partial charge in [-0.1, -0.05) is 30.3 Å². The minimum absolute atomic E-state index is 0.239. The number of hydrogen-bond acceptors (Lipinski definition) is 4. The summed E-state index contributed by atoms with van der Waals surface area (Å²) in [5.41, 5.74) is 0.701. The van der Waals surface area contributed by atoms with Gasteiger partial charge in [0.15, 0.2) is 5.82 Å². The number of H-pyrrole nitrogens is 1. The summed E-state index contributed by atoms with van der Waals surface area (Å²) in [6.07, 6.45) is -0.393. The first-order valence-corrected chi connectivity index (χ1v) is 6.34. The standard InChI is InChI=1S/C13H14N4O3/c18-12-15-14-11-8-16(6-7-17(11)12)13(19)20-9-10-4-2-1-3-5-10/h1-5H,6-9H2,(H,15,18). The Hall–Kier alpha value is -2.57. The Morgan fingerprint density at radius 3 is 2.90 bits per heavy atom. The Kier molecular flexibility index (Phi) is 3.24. The van der Waals surface area contributed by atoms with Gasteiger partial charge in [0.1, 0.15) is 6.61 Å². The van der Waals surface area contributed by atoms with Crippen molar-refractivity contribution in [1.82, 2.24) is 19.7 Å². The maximum Gasteiger partial charge on any atom is 0.410 e. The van der Waals surface area contributed by atoms with Crippen molar-refractivity contribution in [2.24, 2.45) is 0 Å². The number of aromatic nitrogens is 3. The van der Waals surface area contributed by atoms with Gasteiger partial charge in [0, 0.05) is 13.1 Å². The molecule has 0 bridgehead atoms. The van der Waals surface area contributed by atoms with Gasteiger partial charge in [-0.25, -0.2) is 14.7 Å². The Balaban J connectivity index is 1.60. The van der Waals surface area contributed by atoms with Gasteiger partial charge in [-0.3, -0.25) is 9.47 Å². The molecule has 1 N–H and O–H groups in total. The third kappa shape index (κ3) is 2.42. The van der Waals surface area contributed by atoms with E-state index in [0.29, 0.717) is 18.9 Å². The number of benzene rings is 1. The van der Waals surface area contributed by atoms with E-state index in [1.807, 2.05) is 30.3 Å². The van der Waals surface area contributed by atoms with Crippen molar-refractivity contribution in [3.63, 3.8) is 0 Å². The summed E-state index contributed by atoms with van der Waals surface area (Å²) in [6.45, 7) is 1.40. The molecule has 7 nitrogen and oxygen atoms in total. The molecule has 0 radical (unpaired) electrons. The lowest BCUT2D eigenvalue weighted by atomic mass is 10.2. The van der Waals surface area contributed by atoms with Crippen LogP contribution in [0, 0.1) is 0 Å². The van der Waals surface area contributed by atoms with Crippen molar-refractivity contribution in [3.05, 3.63) is 52.2 Å². The maximum absolute atomic E-state index is 12.0. The van der Waals surface area contributed by atoms with E-state index >= 15 is 0 Å². The molecule has 0 spiro atoms. The summed E-state index contributed by atoms with van der Waals surface area (Å²) in [6, 6.07) is 9.50. The van der Waals surface area contributed by atoms with Gasteiger partial charge >= 0.3 is 11.8 Å². The minimum atomic E-state index is -0.393. The molecule has 0 saturated heterocycles. The fourth-order valence-electron chi connectivity index (χ4n) is 2.14. The van der Waals surface area contributed by atoms with Gasteiger partial charge in [0.25, 0.3) is 0 Å². The summed E-state index contributed by atoms with van der Waals surface area (Å²) in [5, 5.41) is 6.26. The van der Waals surface area contributed by atoms with E-state index < -0.39 is 6.09 Å². The highest BCUT2D eigenvalue weighted by atomic mass is 16.6. The number of hydrogen-bond donors (Lipinski definition) is 1. The first-order chi connectivity index (χ1) is 9.74. The summed E-state index contributed by atoms with van der Waals surface area (Å²) in [4.78, 5) is 24.9. The third-order valence-corrected chi connectivity index (χ3v) is 3.23. The smallest absolute Gasteiger partial charge is 0.410 e. The summed E-state index contributed by atoms with van der Waals surface area (Å²) in [5.74, 6) is 0.554. The molecule has 1 aliphatic rings. The van der Waals surface area contributed by atoms with Gasteiger partial charge in [-0.2, -0.15) is 5.10 Å². The molecule has 2 aromatic rings. The van der Waals surface area contributed by atoms with Crippen LogP contribution < -0.4 is 5.69 Å². The lowest BCUT2D eigenvalue weighted by Gasteiger charge is -2.25. The normalized spacial score (nSPS) is 13.9. The van der Waals surface area contributed by atoms with Gasteiger partial charge in [-0.05, 0) is 5.56 Å². The van der Waals surface area contributed by atoms with Gasteiger partial charge in [-0.15, -0.1) is 0 Å². The molecule has 0 unspecified atom stereocenters. The van der Waals surface area contributed by atoms with E-state index in [1.54, 1.807) is 4.90 Å². The summed E-state index contributed by atoms with van der Waals surface area (Å²) in [7, 11) is 0. The van der Waals surface area contributed by atoms with Crippen LogP contribution in [0.25, 0.3) is 0 Å². The second-order valence-corrected chi connectivity index (χ2v) is 4.56. The second kappa shape index (κ2) is 5.20. The SMILES string of the molecule is O=C(OCc1ccccc1)N1CCn2c(n[nH]c2=O)C1. The maximum atomic E-state index is 12.0. The highest BCUT2D eigenvalue weighted by Crippen LogP contribution is 2.10. The molecular weight excluding hydrogens is 260 g/mol. The Labute approximate surface area is 114 Å². The Morgan fingerprint density at radius 2 is 2.10 bits per heavy atom. The Morgan fingerprint density at radius 1 is 1.30 bits per heavy atom. The monoisotopic (exact) mass is 274 g/mol. The number of amides is 1. The molecule has 1 aliphatic heterocycles. The average molecular weight is 274 g/mol. The summed E-state index contributed by atoms with van der Waals surface area (Å²) < 4.78 is 6.78. The molecule has 0 aliphatic carbocycles. The molecule has 3 rings (SSSR count). The predicted octanol–water partition coefficient (Wildman–Crippen LogP) is 0.724. The second-order valence-electron chi connectivity index (χ2n) is 4.56. The van der Waals surface area contributed by atoms with Crippen LogP contribution in [0.3, 0.4) is 0 Å². The highest BCUT2D eigenvalue weighted by molar-refractivity contribution is 5.67. The van der Waals surface area contributed by atoms with Crippen molar-refractivity contribution in [2.75, 3.05) is 6.54 Å². The van der Waals surface area contributed by atoms with Gasteiger partial charge in [0.05, 0.1) is 6.54 Å². The molecule has 2 heterocycles. The zero-order chi connectivity index (χ0) is 13.9. The van der Waals surface area contributed by atoms with E-state index in [2.05, 4.69) is 10.2 Å². The number of carbonyl (C=O) groups is 1. The minimum Gasteiger partial charge on any atom is -0.445 e. The highest BCUT2D eigenvalue weighted by Gasteiger charge is 2.24. The average Bonchev–Trinajstić information content (AvgIpc) is 2.87. The quantitative estimate of drug-likeness (QED) is 0.875. The topological polar surface area (TPSA) is 80.2 Å². The number of ether oxygens (including phenoxy) is 1. The van der Waals surface area contributed by atoms with Crippen LogP contribution in [0.15, 0.2) is 35.1 Å². The molecule has 1 aromatic carbocycles. The number of fused-ring (bicyclic) bond motifs is 1. The van der Waals surface area contributed by atoms with Crippen LogP contribution in [-0.2, 0) is 24.4 Å². The third-order valence-electron chi connectivity index (χ3n) is 3.23. The molecule has 1 aromatic heterocycles. The fourth-order valence-corrected chi connectivity index (χ4v) is 2.14. The fraction of sp³-hybridized carbons (Fsp3) is 0.308. The zero-order valence-corrected chi connectivity index (χ0v) is 10.8. The molecule has 1 amide bonds. The van der Waals surface area contributed by atoms with Crippen molar-refractivity contribution in [1.29, 1.82) is 0 Å². The number of nitrogens with one attached hydrogen (secondary N) is 1. The lowest BCUT2D eigenvalue weighted by molar-refractivity contribution is 0.0859. The first kappa shape index (κ1) is 12.5. The van der Waals surface area contributed by atoms with E-state index in [4.69, 9.17) is 4.74 Å². The van der Waals surface area contributed by atoms with Crippen LogP contribution in [-0.4, -0.2) is 32.3 Å². The van der Waals surface area contributed by atoms with Crippen molar-refractivity contribution < 1.29 is 9.53 Å². The van der Waals surface area contributed by atoms with E-state index in [1.165, 1.54) is 4.57 Å². The summed E-state index contributed by atoms with van der Waals surface area (Å²) >= 11 is 0.